The van der Waals surface area contributed by atoms with E-state index in [9.17, 15) is 13.2 Å². The number of aromatic carboxylic acids is 1. The molecule has 9 heteroatoms. The second kappa shape index (κ2) is 7.00. The SMILES string of the molecule is COC(CNS(=O)(=O)c1cc(C(=O)O)ccc1Cl)OC. The van der Waals surface area contributed by atoms with Crippen LogP contribution in [0.1, 0.15) is 10.4 Å². The molecule has 0 atom stereocenters. The fourth-order valence-corrected chi connectivity index (χ4v) is 2.90. The number of ether oxygens (including phenoxy) is 2. The molecule has 7 nitrogen and oxygen atoms in total. The Balaban J connectivity index is 3.03. The first-order valence-electron chi connectivity index (χ1n) is 5.40. The largest absolute Gasteiger partial charge is 0.478 e. The highest BCUT2D eigenvalue weighted by molar-refractivity contribution is 7.89. The summed E-state index contributed by atoms with van der Waals surface area (Å²) in [5, 5.41) is 8.79. The molecule has 0 aromatic heterocycles. The van der Waals surface area contributed by atoms with Crippen LogP contribution in [0.3, 0.4) is 0 Å². The van der Waals surface area contributed by atoms with Gasteiger partial charge in [0.05, 0.1) is 17.1 Å². The average Bonchev–Trinajstić information content (AvgIpc) is 2.39. The number of hydrogen-bond donors (Lipinski definition) is 2. The lowest BCUT2D eigenvalue weighted by molar-refractivity contribution is -0.0960. The van der Waals surface area contributed by atoms with E-state index in [-0.39, 0.29) is 22.0 Å². The number of methoxy groups -OCH3 is 2. The smallest absolute Gasteiger partial charge is 0.335 e. The van der Waals surface area contributed by atoms with Gasteiger partial charge in [-0.1, -0.05) is 11.6 Å². The van der Waals surface area contributed by atoms with E-state index in [4.69, 9.17) is 26.2 Å². The molecule has 0 aliphatic heterocycles. The molecule has 0 aliphatic carbocycles. The molecule has 1 rings (SSSR count). The van der Waals surface area contributed by atoms with Crippen molar-refractivity contribution in [3.8, 4) is 0 Å². The van der Waals surface area contributed by atoms with Gasteiger partial charge in [0, 0.05) is 14.2 Å². The summed E-state index contributed by atoms with van der Waals surface area (Å²) >= 11 is 5.79. The van der Waals surface area contributed by atoms with Crippen molar-refractivity contribution < 1.29 is 27.8 Å². The van der Waals surface area contributed by atoms with Gasteiger partial charge in [-0.05, 0) is 18.2 Å². The Hall–Kier alpha value is -1.19. The lowest BCUT2D eigenvalue weighted by Crippen LogP contribution is -2.34. The summed E-state index contributed by atoms with van der Waals surface area (Å²) in [6, 6.07) is 3.42. The predicted molar refractivity (Wildman–Crippen MR) is 71.4 cm³/mol. The summed E-state index contributed by atoms with van der Waals surface area (Å²) in [6.45, 7) is -0.136. The highest BCUT2D eigenvalue weighted by Crippen LogP contribution is 2.22. The number of benzene rings is 1. The molecular formula is C11H14ClNO6S. The van der Waals surface area contributed by atoms with Crippen LogP contribution in [0.15, 0.2) is 23.1 Å². The van der Waals surface area contributed by atoms with Crippen LogP contribution in [0.4, 0.5) is 0 Å². The van der Waals surface area contributed by atoms with Gasteiger partial charge in [-0.3, -0.25) is 0 Å². The van der Waals surface area contributed by atoms with Crippen LogP contribution in [-0.4, -0.2) is 46.5 Å². The molecule has 0 spiro atoms. The van der Waals surface area contributed by atoms with Crippen molar-refractivity contribution in [2.75, 3.05) is 20.8 Å². The minimum Gasteiger partial charge on any atom is -0.478 e. The number of carboxylic acid groups (broad SMARTS) is 1. The van der Waals surface area contributed by atoms with Crippen LogP contribution >= 0.6 is 11.6 Å². The lowest BCUT2D eigenvalue weighted by atomic mass is 10.2. The maximum Gasteiger partial charge on any atom is 0.335 e. The molecule has 0 saturated heterocycles. The molecule has 0 aliphatic rings. The zero-order valence-corrected chi connectivity index (χ0v) is 12.4. The number of nitrogens with one attached hydrogen (secondary N) is 1. The third-order valence-electron chi connectivity index (χ3n) is 2.43. The zero-order chi connectivity index (χ0) is 15.3. The second-order valence-electron chi connectivity index (χ2n) is 3.70. The molecule has 0 bridgehead atoms. The Morgan fingerprint density at radius 2 is 2.00 bits per heavy atom. The van der Waals surface area contributed by atoms with E-state index in [0.29, 0.717) is 0 Å². The van der Waals surface area contributed by atoms with E-state index in [0.717, 1.165) is 6.07 Å². The van der Waals surface area contributed by atoms with Crippen molar-refractivity contribution in [2.24, 2.45) is 0 Å². The van der Waals surface area contributed by atoms with Gasteiger partial charge in [0.15, 0.2) is 6.29 Å². The number of rotatable bonds is 7. The van der Waals surface area contributed by atoms with Crippen molar-refractivity contribution in [3.05, 3.63) is 28.8 Å². The molecule has 2 N–H and O–H groups in total. The molecule has 1 aromatic carbocycles. The zero-order valence-electron chi connectivity index (χ0n) is 10.8. The summed E-state index contributed by atoms with van der Waals surface area (Å²) in [5.74, 6) is -1.25. The Bertz CT molecular complexity index is 585. The number of sulfonamides is 1. The molecule has 0 amide bonds. The number of hydrogen-bond acceptors (Lipinski definition) is 5. The van der Waals surface area contributed by atoms with E-state index >= 15 is 0 Å². The fraction of sp³-hybridized carbons (Fsp3) is 0.364. The predicted octanol–water partition coefficient (Wildman–Crippen LogP) is 0.935. The average molecular weight is 324 g/mol. The van der Waals surface area contributed by atoms with Crippen molar-refractivity contribution in [3.63, 3.8) is 0 Å². The summed E-state index contributed by atoms with van der Waals surface area (Å²) in [6.07, 6.45) is -0.758. The van der Waals surface area contributed by atoms with Gasteiger partial charge in [0.2, 0.25) is 10.0 Å². The third-order valence-corrected chi connectivity index (χ3v) is 4.34. The minimum atomic E-state index is -3.97. The summed E-state index contributed by atoms with van der Waals surface area (Å²) in [7, 11) is -1.24. The van der Waals surface area contributed by atoms with Gasteiger partial charge in [0.1, 0.15) is 4.90 Å². The number of carbonyl (C=O) groups is 1. The standard InChI is InChI=1S/C11H14ClNO6S/c1-18-10(19-2)6-13-20(16,17)9-5-7(11(14)15)3-4-8(9)12/h3-5,10,13H,6H2,1-2H3,(H,14,15). The van der Waals surface area contributed by atoms with Crippen LogP contribution in [0.2, 0.25) is 5.02 Å². The quantitative estimate of drug-likeness (QED) is 0.724. The van der Waals surface area contributed by atoms with E-state index in [1.54, 1.807) is 0 Å². The van der Waals surface area contributed by atoms with E-state index in [1.807, 2.05) is 0 Å². The van der Waals surface area contributed by atoms with Gasteiger partial charge < -0.3 is 14.6 Å². The molecule has 20 heavy (non-hydrogen) atoms. The minimum absolute atomic E-state index is 0.0751. The molecule has 112 valence electrons. The van der Waals surface area contributed by atoms with E-state index < -0.39 is 22.3 Å². The first-order chi connectivity index (χ1) is 9.31. The van der Waals surface area contributed by atoms with E-state index in [2.05, 4.69) is 4.72 Å². The van der Waals surface area contributed by atoms with Crippen LogP contribution in [0.5, 0.6) is 0 Å². The van der Waals surface area contributed by atoms with Gasteiger partial charge >= 0.3 is 5.97 Å². The van der Waals surface area contributed by atoms with Gasteiger partial charge in [-0.15, -0.1) is 0 Å². The maximum absolute atomic E-state index is 12.1. The molecule has 0 heterocycles. The number of carboxylic acids is 1. The molecule has 1 aromatic rings. The second-order valence-corrected chi connectivity index (χ2v) is 5.85. The summed E-state index contributed by atoms with van der Waals surface area (Å²) < 4.78 is 36.1. The summed E-state index contributed by atoms with van der Waals surface area (Å²) in [5.41, 5.74) is -0.176. The molecular weight excluding hydrogens is 310 g/mol. The van der Waals surface area contributed by atoms with Crippen molar-refractivity contribution in [1.29, 1.82) is 0 Å². The van der Waals surface area contributed by atoms with Gasteiger partial charge in [-0.25, -0.2) is 17.9 Å². The maximum atomic E-state index is 12.1. The van der Waals surface area contributed by atoms with Crippen LogP contribution in [0, 0.1) is 0 Å². The first kappa shape index (κ1) is 16.9. The van der Waals surface area contributed by atoms with Crippen LogP contribution in [0.25, 0.3) is 0 Å². The number of halogens is 1. The summed E-state index contributed by atoms with van der Waals surface area (Å²) in [4.78, 5) is 10.5. The molecule has 0 fully saturated rings. The van der Waals surface area contributed by atoms with E-state index in [1.165, 1.54) is 26.4 Å². The van der Waals surface area contributed by atoms with Crippen LogP contribution in [-0.2, 0) is 19.5 Å². The Labute approximate surface area is 121 Å². The normalized spacial score (nSPS) is 11.8. The van der Waals surface area contributed by atoms with Gasteiger partial charge in [-0.2, -0.15) is 0 Å². The molecule has 0 unspecified atom stereocenters. The molecule has 0 saturated carbocycles. The Morgan fingerprint density at radius 3 is 2.50 bits per heavy atom. The fourth-order valence-electron chi connectivity index (χ4n) is 1.36. The Kier molecular flexibility index (Phi) is 5.90. The van der Waals surface area contributed by atoms with Crippen LogP contribution < -0.4 is 4.72 Å². The highest BCUT2D eigenvalue weighted by atomic mass is 35.5. The topological polar surface area (TPSA) is 102 Å². The van der Waals surface area contributed by atoms with Gasteiger partial charge in [0.25, 0.3) is 0 Å². The monoisotopic (exact) mass is 323 g/mol. The molecule has 0 radical (unpaired) electrons. The lowest BCUT2D eigenvalue weighted by Gasteiger charge is -2.15. The Morgan fingerprint density at radius 1 is 1.40 bits per heavy atom. The first-order valence-corrected chi connectivity index (χ1v) is 7.26. The van der Waals surface area contributed by atoms with Crippen molar-refractivity contribution in [1.82, 2.24) is 4.72 Å². The highest BCUT2D eigenvalue weighted by Gasteiger charge is 2.21. The third kappa shape index (κ3) is 4.15. The van der Waals surface area contributed by atoms with Crippen molar-refractivity contribution in [2.45, 2.75) is 11.2 Å². The van der Waals surface area contributed by atoms with Crippen molar-refractivity contribution >= 4 is 27.6 Å².